The quantitative estimate of drug-likeness (QED) is 0.579. The Morgan fingerprint density at radius 3 is 2.92 bits per heavy atom. The summed E-state index contributed by atoms with van der Waals surface area (Å²) >= 11 is 3.57. The molecule has 3 aromatic heterocycles. The van der Waals surface area contributed by atoms with Crippen LogP contribution >= 0.6 is 23.1 Å². The van der Waals surface area contributed by atoms with Crippen LogP contribution in [-0.4, -0.2) is 19.9 Å². The van der Waals surface area contributed by atoms with Crippen LogP contribution in [0.5, 0.6) is 0 Å². The standard InChI is InChI=1S/C19H24N4OS2/c1-5-13-6-7-16-14(8-13)9-17(26-16)18-20-21-19(23(18)4)25-10-15-11(2)22-24-12(15)3/h9,13H,5-8,10H2,1-4H3. The number of aromatic nitrogens is 4. The molecule has 1 unspecified atom stereocenters. The van der Waals surface area contributed by atoms with Crippen LogP contribution in [0.3, 0.4) is 0 Å². The van der Waals surface area contributed by atoms with Crippen molar-refractivity contribution < 1.29 is 4.52 Å². The van der Waals surface area contributed by atoms with Crippen molar-refractivity contribution in [3.05, 3.63) is 33.5 Å². The van der Waals surface area contributed by atoms with Gasteiger partial charge in [0.2, 0.25) is 0 Å². The number of rotatable bonds is 5. The zero-order chi connectivity index (χ0) is 18.3. The monoisotopic (exact) mass is 388 g/mol. The molecular weight excluding hydrogens is 364 g/mol. The summed E-state index contributed by atoms with van der Waals surface area (Å²) < 4.78 is 7.36. The SMILES string of the molecule is CCC1CCc2sc(-c3nnc(SCc4c(C)noc4C)n3C)cc2C1. The summed E-state index contributed by atoms with van der Waals surface area (Å²) in [5.74, 6) is 3.49. The minimum atomic E-state index is 0.798. The van der Waals surface area contributed by atoms with Gasteiger partial charge in [-0.2, -0.15) is 0 Å². The third kappa shape index (κ3) is 3.22. The zero-order valence-electron chi connectivity index (χ0n) is 15.7. The fourth-order valence-corrected chi connectivity index (χ4v) is 5.85. The van der Waals surface area contributed by atoms with Crippen LogP contribution < -0.4 is 0 Å². The van der Waals surface area contributed by atoms with E-state index in [4.69, 9.17) is 4.52 Å². The molecule has 0 radical (unpaired) electrons. The fourth-order valence-electron chi connectivity index (χ4n) is 3.56. The molecule has 1 aliphatic carbocycles. The second kappa shape index (κ2) is 7.19. The van der Waals surface area contributed by atoms with Gasteiger partial charge in [0.1, 0.15) is 5.76 Å². The van der Waals surface area contributed by atoms with Crippen molar-refractivity contribution in [2.75, 3.05) is 0 Å². The van der Waals surface area contributed by atoms with Gasteiger partial charge in [-0.25, -0.2) is 0 Å². The molecule has 0 fully saturated rings. The van der Waals surface area contributed by atoms with E-state index in [1.165, 1.54) is 41.0 Å². The molecule has 3 aromatic rings. The first kappa shape index (κ1) is 17.8. The molecule has 3 heterocycles. The molecule has 0 saturated heterocycles. The van der Waals surface area contributed by atoms with Gasteiger partial charge < -0.3 is 9.09 Å². The third-order valence-corrected chi connectivity index (χ3v) is 7.62. The van der Waals surface area contributed by atoms with Crippen LogP contribution in [0.25, 0.3) is 10.7 Å². The van der Waals surface area contributed by atoms with Gasteiger partial charge in [-0.3, -0.25) is 0 Å². The molecule has 1 atom stereocenters. The van der Waals surface area contributed by atoms with Gasteiger partial charge in [-0.1, -0.05) is 30.3 Å². The summed E-state index contributed by atoms with van der Waals surface area (Å²) in [6.07, 6.45) is 5.02. The van der Waals surface area contributed by atoms with Crippen LogP contribution in [0.2, 0.25) is 0 Å². The summed E-state index contributed by atoms with van der Waals surface area (Å²) in [7, 11) is 2.05. The van der Waals surface area contributed by atoms with Crippen LogP contribution in [-0.2, 0) is 25.6 Å². The van der Waals surface area contributed by atoms with E-state index in [0.717, 1.165) is 39.7 Å². The van der Waals surface area contributed by atoms with Crippen molar-refractivity contribution in [3.63, 3.8) is 0 Å². The van der Waals surface area contributed by atoms with Crippen LogP contribution in [0.1, 0.15) is 47.2 Å². The van der Waals surface area contributed by atoms with Gasteiger partial charge in [0, 0.05) is 23.2 Å². The number of hydrogen-bond donors (Lipinski definition) is 0. The number of hydrogen-bond acceptors (Lipinski definition) is 6. The topological polar surface area (TPSA) is 56.7 Å². The first-order valence-corrected chi connectivity index (χ1v) is 10.9. The van der Waals surface area contributed by atoms with E-state index in [-0.39, 0.29) is 0 Å². The Hall–Kier alpha value is -1.60. The van der Waals surface area contributed by atoms with Gasteiger partial charge in [0.25, 0.3) is 0 Å². The number of nitrogens with zero attached hydrogens (tertiary/aromatic N) is 4. The largest absolute Gasteiger partial charge is 0.361 e. The predicted octanol–water partition coefficient (Wildman–Crippen LogP) is 4.96. The Morgan fingerprint density at radius 2 is 2.19 bits per heavy atom. The van der Waals surface area contributed by atoms with Gasteiger partial charge in [-0.05, 0) is 50.7 Å². The van der Waals surface area contributed by atoms with Crippen molar-refractivity contribution in [1.82, 2.24) is 19.9 Å². The fraction of sp³-hybridized carbons (Fsp3) is 0.526. The molecule has 5 nitrogen and oxygen atoms in total. The van der Waals surface area contributed by atoms with Crippen molar-refractivity contribution >= 4 is 23.1 Å². The Kier molecular flexibility index (Phi) is 4.92. The minimum absolute atomic E-state index is 0.798. The number of thioether (sulfide) groups is 1. The molecule has 0 saturated carbocycles. The van der Waals surface area contributed by atoms with E-state index in [9.17, 15) is 0 Å². The van der Waals surface area contributed by atoms with Gasteiger partial charge in [-0.15, -0.1) is 21.5 Å². The highest BCUT2D eigenvalue weighted by molar-refractivity contribution is 7.98. The number of thiophene rings is 1. The highest BCUT2D eigenvalue weighted by Gasteiger charge is 2.22. The van der Waals surface area contributed by atoms with Gasteiger partial charge in [0.15, 0.2) is 11.0 Å². The van der Waals surface area contributed by atoms with Gasteiger partial charge in [0.05, 0.1) is 10.6 Å². The third-order valence-electron chi connectivity index (χ3n) is 5.34. The Balaban J connectivity index is 1.54. The van der Waals surface area contributed by atoms with Crippen molar-refractivity contribution in [3.8, 4) is 10.7 Å². The second-order valence-corrected chi connectivity index (χ2v) is 9.11. The summed E-state index contributed by atoms with van der Waals surface area (Å²) in [6, 6.07) is 2.34. The smallest absolute Gasteiger partial charge is 0.191 e. The highest BCUT2D eigenvalue weighted by Crippen LogP contribution is 2.38. The normalized spacial score (nSPS) is 16.8. The first-order valence-electron chi connectivity index (χ1n) is 9.12. The lowest BCUT2D eigenvalue weighted by atomic mass is 9.87. The maximum absolute atomic E-state index is 5.25. The molecule has 0 bridgehead atoms. The van der Waals surface area contributed by atoms with E-state index < -0.39 is 0 Å². The summed E-state index contributed by atoms with van der Waals surface area (Å²) in [5.41, 5.74) is 3.63. The van der Waals surface area contributed by atoms with Crippen LogP contribution in [0.15, 0.2) is 15.7 Å². The van der Waals surface area contributed by atoms with E-state index in [2.05, 4.69) is 40.0 Å². The van der Waals surface area contributed by atoms with E-state index >= 15 is 0 Å². The van der Waals surface area contributed by atoms with Crippen LogP contribution in [0.4, 0.5) is 0 Å². The first-order chi connectivity index (χ1) is 12.6. The second-order valence-electron chi connectivity index (χ2n) is 7.03. The van der Waals surface area contributed by atoms with Crippen LogP contribution in [0, 0.1) is 19.8 Å². The number of aryl methyl sites for hydroxylation is 3. The summed E-state index contributed by atoms with van der Waals surface area (Å²) in [5, 5.41) is 13.8. The molecule has 0 N–H and O–H groups in total. The zero-order valence-corrected chi connectivity index (χ0v) is 17.3. The van der Waals surface area contributed by atoms with E-state index in [1.54, 1.807) is 11.8 Å². The maximum atomic E-state index is 5.25. The van der Waals surface area contributed by atoms with Gasteiger partial charge >= 0.3 is 0 Å². The molecule has 0 aromatic carbocycles. The Bertz CT molecular complexity index is 905. The van der Waals surface area contributed by atoms with E-state index in [0.29, 0.717) is 0 Å². The molecule has 138 valence electrons. The predicted molar refractivity (Wildman–Crippen MR) is 106 cm³/mol. The molecule has 4 rings (SSSR count). The molecule has 0 aliphatic heterocycles. The van der Waals surface area contributed by atoms with Crippen molar-refractivity contribution in [2.45, 2.75) is 57.4 Å². The average Bonchev–Trinajstić information content (AvgIpc) is 3.30. The molecule has 0 spiro atoms. The lowest BCUT2D eigenvalue weighted by Gasteiger charge is -2.19. The lowest BCUT2D eigenvalue weighted by molar-refractivity contribution is 0.392. The lowest BCUT2D eigenvalue weighted by Crippen LogP contribution is -2.10. The molecule has 7 heteroatoms. The summed E-state index contributed by atoms with van der Waals surface area (Å²) in [4.78, 5) is 2.78. The Labute approximate surface area is 162 Å². The Morgan fingerprint density at radius 1 is 1.35 bits per heavy atom. The molecule has 26 heavy (non-hydrogen) atoms. The van der Waals surface area contributed by atoms with E-state index in [1.807, 2.05) is 25.2 Å². The van der Waals surface area contributed by atoms with Crippen molar-refractivity contribution in [1.29, 1.82) is 0 Å². The average molecular weight is 389 g/mol. The summed E-state index contributed by atoms with van der Waals surface area (Å²) in [6.45, 7) is 6.24. The maximum Gasteiger partial charge on any atom is 0.191 e. The van der Waals surface area contributed by atoms with Crippen molar-refractivity contribution in [2.24, 2.45) is 13.0 Å². The minimum Gasteiger partial charge on any atom is -0.361 e. The molecule has 1 aliphatic rings. The molecular formula is C19H24N4OS2. The highest BCUT2D eigenvalue weighted by atomic mass is 32.2. The number of fused-ring (bicyclic) bond motifs is 1. The molecule has 0 amide bonds.